The van der Waals surface area contributed by atoms with Crippen LogP contribution < -0.4 is 10.6 Å². The van der Waals surface area contributed by atoms with Crippen LogP contribution in [0.15, 0.2) is 24.3 Å². The summed E-state index contributed by atoms with van der Waals surface area (Å²) in [6.45, 7) is 7.39. The molecule has 1 aromatic rings. The van der Waals surface area contributed by atoms with Gasteiger partial charge in [0.05, 0.1) is 0 Å². The molecular weight excluding hydrogens is 236 g/mol. The van der Waals surface area contributed by atoms with Crippen LogP contribution in [0.4, 0.5) is 4.79 Å². The maximum absolute atomic E-state index is 11.5. The van der Waals surface area contributed by atoms with Crippen LogP contribution in [-0.2, 0) is 6.54 Å². The molecule has 0 saturated heterocycles. The van der Waals surface area contributed by atoms with Crippen molar-refractivity contribution in [2.45, 2.75) is 27.3 Å². The van der Waals surface area contributed by atoms with Crippen LogP contribution in [0.1, 0.15) is 26.3 Å². The van der Waals surface area contributed by atoms with Crippen LogP contribution in [0.3, 0.4) is 0 Å². The van der Waals surface area contributed by atoms with Gasteiger partial charge in [-0.15, -0.1) is 0 Å². The molecule has 94 valence electrons. The lowest BCUT2D eigenvalue weighted by molar-refractivity contribution is 0.235. The van der Waals surface area contributed by atoms with E-state index in [9.17, 15) is 4.79 Å². The molecule has 3 nitrogen and oxygen atoms in total. The Balaban J connectivity index is 2.31. The number of urea groups is 1. The van der Waals surface area contributed by atoms with Crippen molar-refractivity contribution >= 4 is 17.6 Å². The Labute approximate surface area is 108 Å². The fourth-order valence-corrected chi connectivity index (χ4v) is 1.32. The lowest BCUT2D eigenvalue weighted by Gasteiger charge is -2.18. The highest BCUT2D eigenvalue weighted by molar-refractivity contribution is 6.30. The predicted molar refractivity (Wildman–Crippen MR) is 71.1 cm³/mol. The summed E-state index contributed by atoms with van der Waals surface area (Å²) in [6, 6.07) is 7.27. The molecule has 2 amide bonds. The number of carbonyl (C=O) groups is 1. The highest BCUT2D eigenvalue weighted by atomic mass is 35.5. The average molecular weight is 255 g/mol. The van der Waals surface area contributed by atoms with Gasteiger partial charge in [-0.1, -0.05) is 44.5 Å². The van der Waals surface area contributed by atoms with Crippen LogP contribution in [0.25, 0.3) is 0 Å². The zero-order valence-corrected chi connectivity index (χ0v) is 11.3. The quantitative estimate of drug-likeness (QED) is 0.855. The van der Waals surface area contributed by atoms with Gasteiger partial charge < -0.3 is 10.6 Å². The van der Waals surface area contributed by atoms with Gasteiger partial charge in [-0.3, -0.25) is 0 Å². The molecular formula is C13H19ClN2O. The third-order valence-corrected chi connectivity index (χ3v) is 2.40. The first-order valence-electron chi connectivity index (χ1n) is 5.63. The van der Waals surface area contributed by atoms with E-state index in [0.29, 0.717) is 18.1 Å². The molecule has 2 N–H and O–H groups in total. The first-order chi connectivity index (χ1) is 7.87. The fourth-order valence-electron chi connectivity index (χ4n) is 1.19. The van der Waals surface area contributed by atoms with Gasteiger partial charge in [0.15, 0.2) is 0 Å². The van der Waals surface area contributed by atoms with E-state index in [1.165, 1.54) is 0 Å². The molecule has 0 saturated carbocycles. The van der Waals surface area contributed by atoms with E-state index < -0.39 is 0 Å². The summed E-state index contributed by atoms with van der Waals surface area (Å²) in [5, 5.41) is 6.33. The van der Waals surface area contributed by atoms with Gasteiger partial charge in [0.2, 0.25) is 0 Å². The minimum Gasteiger partial charge on any atom is -0.338 e. The largest absolute Gasteiger partial charge is 0.338 e. The van der Waals surface area contributed by atoms with Gasteiger partial charge >= 0.3 is 6.03 Å². The van der Waals surface area contributed by atoms with E-state index in [1.807, 2.05) is 24.3 Å². The standard InChI is InChI=1S/C13H19ClN2O/c1-13(2,3)9-16-12(17)15-8-10-4-6-11(14)7-5-10/h4-7H,8-9H2,1-3H3,(H2,15,16,17). The Morgan fingerprint density at radius 1 is 1.18 bits per heavy atom. The van der Waals surface area contributed by atoms with Crippen molar-refractivity contribution in [3.63, 3.8) is 0 Å². The Kier molecular flexibility index (Phi) is 4.82. The molecule has 0 aliphatic heterocycles. The maximum Gasteiger partial charge on any atom is 0.315 e. The molecule has 0 aliphatic carbocycles. The number of hydrogen-bond donors (Lipinski definition) is 2. The van der Waals surface area contributed by atoms with Gasteiger partial charge in [0.1, 0.15) is 0 Å². The molecule has 0 aliphatic rings. The summed E-state index contributed by atoms with van der Waals surface area (Å²) >= 11 is 5.77. The Morgan fingerprint density at radius 3 is 2.29 bits per heavy atom. The second-order valence-corrected chi connectivity index (χ2v) is 5.66. The molecule has 0 bridgehead atoms. The SMILES string of the molecule is CC(C)(C)CNC(=O)NCc1ccc(Cl)cc1. The van der Waals surface area contributed by atoms with E-state index in [1.54, 1.807) is 0 Å². The van der Waals surface area contributed by atoms with Crippen molar-refractivity contribution in [3.05, 3.63) is 34.9 Å². The summed E-state index contributed by atoms with van der Waals surface area (Å²) in [7, 11) is 0. The highest BCUT2D eigenvalue weighted by Gasteiger charge is 2.11. The molecule has 1 aromatic carbocycles. The molecule has 0 fully saturated rings. The number of halogens is 1. The van der Waals surface area contributed by atoms with Crippen LogP contribution in [0, 0.1) is 5.41 Å². The predicted octanol–water partition coefficient (Wildman–Crippen LogP) is 3.19. The van der Waals surface area contributed by atoms with Crippen molar-refractivity contribution in [1.29, 1.82) is 0 Å². The average Bonchev–Trinajstić information content (AvgIpc) is 2.25. The molecule has 0 aromatic heterocycles. The number of nitrogens with one attached hydrogen (secondary N) is 2. The monoisotopic (exact) mass is 254 g/mol. The normalized spacial score (nSPS) is 11.1. The highest BCUT2D eigenvalue weighted by Crippen LogP contribution is 2.10. The number of carbonyl (C=O) groups excluding carboxylic acids is 1. The lowest BCUT2D eigenvalue weighted by Crippen LogP contribution is -2.39. The van der Waals surface area contributed by atoms with Gasteiger partial charge in [-0.25, -0.2) is 4.79 Å². The van der Waals surface area contributed by atoms with E-state index in [2.05, 4.69) is 31.4 Å². The summed E-state index contributed by atoms with van der Waals surface area (Å²) in [5.74, 6) is 0. The topological polar surface area (TPSA) is 41.1 Å². The molecule has 1 rings (SSSR count). The minimum atomic E-state index is -0.144. The molecule has 0 radical (unpaired) electrons. The number of rotatable bonds is 3. The van der Waals surface area contributed by atoms with Crippen molar-refractivity contribution < 1.29 is 4.79 Å². The van der Waals surface area contributed by atoms with Crippen LogP contribution in [-0.4, -0.2) is 12.6 Å². The lowest BCUT2D eigenvalue weighted by atomic mass is 9.97. The zero-order chi connectivity index (χ0) is 12.9. The van der Waals surface area contributed by atoms with Crippen LogP contribution in [0.5, 0.6) is 0 Å². The Morgan fingerprint density at radius 2 is 1.76 bits per heavy atom. The number of amides is 2. The Hall–Kier alpha value is -1.22. The molecule has 0 unspecified atom stereocenters. The fraction of sp³-hybridized carbons (Fsp3) is 0.462. The van der Waals surface area contributed by atoms with Crippen LogP contribution >= 0.6 is 11.6 Å². The number of benzene rings is 1. The molecule has 0 spiro atoms. The first-order valence-corrected chi connectivity index (χ1v) is 6.01. The van der Waals surface area contributed by atoms with Gasteiger partial charge in [-0.2, -0.15) is 0 Å². The Bertz CT molecular complexity index is 368. The zero-order valence-electron chi connectivity index (χ0n) is 10.5. The van der Waals surface area contributed by atoms with Gasteiger partial charge in [-0.05, 0) is 23.1 Å². The van der Waals surface area contributed by atoms with E-state index in [-0.39, 0.29) is 11.4 Å². The van der Waals surface area contributed by atoms with Crippen molar-refractivity contribution in [3.8, 4) is 0 Å². The van der Waals surface area contributed by atoms with Crippen molar-refractivity contribution in [1.82, 2.24) is 10.6 Å². The van der Waals surface area contributed by atoms with Crippen molar-refractivity contribution in [2.75, 3.05) is 6.54 Å². The van der Waals surface area contributed by atoms with Crippen molar-refractivity contribution in [2.24, 2.45) is 5.41 Å². The molecule has 0 atom stereocenters. The van der Waals surface area contributed by atoms with E-state index in [0.717, 1.165) is 5.56 Å². The maximum atomic E-state index is 11.5. The van der Waals surface area contributed by atoms with Gasteiger partial charge in [0.25, 0.3) is 0 Å². The summed E-state index contributed by atoms with van der Waals surface area (Å²) < 4.78 is 0. The molecule has 17 heavy (non-hydrogen) atoms. The third-order valence-electron chi connectivity index (χ3n) is 2.15. The van der Waals surface area contributed by atoms with Gasteiger partial charge in [0, 0.05) is 18.1 Å². The summed E-state index contributed by atoms with van der Waals surface area (Å²) in [4.78, 5) is 11.5. The molecule has 4 heteroatoms. The smallest absolute Gasteiger partial charge is 0.315 e. The summed E-state index contributed by atoms with van der Waals surface area (Å²) in [5.41, 5.74) is 1.12. The van der Waals surface area contributed by atoms with E-state index >= 15 is 0 Å². The van der Waals surface area contributed by atoms with Crippen LogP contribution in [0.2, 0.25) is 5.02 Å². The molecule has 0 heterocycles. The summed E-state index contributed by atoms with van der Waals surface area (Å²) in [6.07, 6.45) is 0. The number of hydrogen-bond acceptors (Lipinski definition) is 1. The second-order valence-electron chi connectivity index (χ2n) is 5.22. The third kappa shape index (κ3) is 6.17. The van der Waals surface area contributed by atoms with E-state index in [4.69, 9.17) is 11.6 Å². The second kappa shape index (κ2) is 5.92. The minimum absolute atomic E-state index is 0.0949. The first kappa shape index (κ1) is 13.8.